The minimum absolute atomic E-state index is 0.107. The number of rotatable bonds is 6. The van der Waals surface area contributed by atoms with Crippen LogP contribution in [0.3, 0.4) is 0 Å². The molecule has 0 spiro atoms. The van der Waals surface area contributed by atoms with Crippen LogP contribution >= 0.6 is 11.6 Å². The molecule has 1 atom stereocenters. The summed E-state index contributed by atoms with van der Waals surface area (Å²) >= 11 is 6.09. The van der Waals surface area contributed by atoms with E-state index in [1.807, 2.05) is 22.9 Å². The molecule has 1 aliphatic rings. The Labute approximate surface area is 218 Å². The molecular formula is C27H26ClN5O4. The first-order chi connectivity index (χ1) is 17.9. The summed E-state index contributed by atoms with van der Waals surface area (Å²) in [5, 5.41) is 7.61. The van der Waals surface area contributed by atoms with Crippen LogP contribution in [-0.4, -0.2) is 45.8 Å². The van der Waals surface area contributed by atoms with E-state index in [1.54, 1.807) is 42.3 Å². The minimum Gasteiger partial charge on any atom is -0.493 e. The molecular weight excluding hydrogens is 494 g/mol. The molecule has 37 heavy (non-hydrogen) atoms. The lowest BCUT2D eigenvalue weighted by molar-refractivity contribution is -0.127. The van der Waals surface area contributed by atoms with Crippen molar-refractivity contribution in [2.75, 3.05) is 25.9 Å². The van der Waals surface area contributed by atoms with Gasteiger partial charge in [0.05, 0.1) is 18.5 Å². The van der Waals surface area contributed by atoms with E-state index in [1.165, 1.54) is 6.08 Å². The number of hydrogen-bond donors (Lipinski definition) is 2. The molecule has 3 heterocycles. The number of nitrogens with one attached hydrogen (secondary N) is 1. The zero-order chi connectivity index (χ0) is 26.1. The Hall–Kier alpha value is -4.24. The largest absolute Gasteiger partial charge is 0.493 e. The fourth-order valence-electron chi connectivity index (χ4n) is 4.83. The summed E-state index contributed by atoms with van der Waals surface area (Å²) in [7, 11) is 1.56. The number of halogens is 1. The second-order valence-electron chi connectivity index (χ2n) is 8.82. The summed E-state index contributed by atoms with van der Waals surface area (Å²) in [6, 6.07) is 12.5. The van der Waals surface area contributed by atoms with Crippen LogP contribution in [0.15, 0.2) is 66.1 Å². The number of carbonyl (C=O) groups is 1. The van der Waals surface area contributed by atoms with Crippen molar-refractivity contribution in [2.24, 2.45) is 0 Å². The molecule has 3 N–H and O–H groups in total. The molecule has 0 saturated carbocycles. The number of aromatic amines is 1. The highest BCUT2D eigenvalue weighted by Crippen LogP contribution is 2.40. The van der Waals surface area contributed by atoms with E-state index in [4.69, 9.17) is 26.8 Å². The van der Waals surface area contributed by atoms with Crippen LogP contribution in [0, 0.1) is 0 Å². The van der Waals surface area contributed by atoms with Gasteiger partial charge < -0.3 is 24.7 Å². The highest BCUT2D eigenvalue weighted by atomic mass is 35.5. The Morgan fingerprint density at radius 3 is 2.86 bits per heavy atom. The van der Waals surface area contributed by atoms with Gasteiger partial charge in [-0.2, -0.15) is 5.10 Å². The third-order valence-corrected chi connectivity index (χ3v) is 6.79. The highest BCUT2D eigenvalue weighted by molar-refractivity contribution is 6.30. The summed E-state index contributed by atoms with van der Waals surface area (Å²) in [6.07, 6.45) is 4.83. The highest BCUT2D eigenvalue weighted by Gasteiger charge is 2.27. The van der Waals surface area contributed by atoms with Gasteiger partial charge in [0.25, 0.3) is 5.56 Å². The molecule has 2 aromatic carbocycles. The number of benzene rings is 2. The van der Waals surface area contributed by atoms with E-state index < -0.39 is 0 Å². The first-order valence-electron chi connectivity index (χ1n) is 11.8. The van der Waals surface area contributed by atoms with Gasteiger partial charge in [0, 0.05) is 29.9 Å². The average Bonchev–Trinajstić information content (AvgIpc) is 3.33. The lowest BCUT2D eigenvalue weighted by Crippen LogP contribution is -2.40. The van der Waals surface area contributed by atoms with Crippen LogP contribution in [0.25, 0.3) is 22.0 Å². The number of fused-ring (bicyclic) bond motifs is 1. The molecule has 1 amide bonds. The molecule has 1 fully saturated rings. The van der Waals surface area contributed by atoms with Crippen molar-refractivity contribution in [3.63, 3.8) is 0 Å². The Morgan fingerprint density at radius 1 is 1.27 bits per heavy atom. The number of H-pyrrole nitrogens is 1. The predicted octanol–water partition coefficient (Wildman–Crippen LogP) is 4.78. The first kappa shape index (κ1) is 24.5. The fraction of sp³-hybridized carbons (Fsp3) is 0.222. The number of nitrogens with zero attached hydrogens (tertiary/aromatic N) is 3. The van der Waals surface area contributed by atoms with Crippen molar-refractivity contribution < 1.29 is 14.3 Å². The molecule has 190 valence electrons. The van der Waals surface area contributed by atoms with Crippen LogP contribution in [0.4, 0.5) is 5.82 Å². The number of hydrogen-bond acceptors (Lipinski definition) is 6. The number of aromatic nitrogens is 3. The maximum absolute atomic E-state index is 13.0. The summed E-state index contributed by atoms with van der Waals surface area (Å²) in [5.41, 5.74) is 7.84. The number of ether oxygens (including phenoxy) is 2. The molecule has 2 aromatic heterocycles. The fourth-order valence-corrected chi connectivity index (χ4v) is 5.01. The minimum atomic E-state index is -0.351. The van der Waals surface area contributed by atoms with Crippen molar-refractivity contribution in [1.82, 2.24) is 19.7 Å². The zero-order valence-corrected chi connectivity index (χ0v) is 21.0. The van der Waals surface area contributed by atoms with Gasteiger partial charge >= 0.3 is 0 Å². The van der Waals surface area contributed by atoms with Gasteiger partial charge in [0.2, 0.25) is 5.91 Å². The number of carbonyl (C=O) groups excluding carboxylic acids is 1. The molecule has 10 heteroatoms. The number of amides is 1. The third-order valence-electron chi connectivity index (χ3n) is 6.56. The number of nitrogens with two attached hydrogens (primary N) is 1. The lowest BCUT2D eigenvalue weighted by Gasteiger charge is -2.33. The maximum atomic E-state index is 13.0. The first-order valence-corrected chi connectivity index (χ1v) is 12.2. The second-order valence-corrected chi connectivity index (χ2v) is 9.26. The zero-order valence-electron chi connectivity index (χ0n) is 20.2. The summed E-state index contributed by atoms with van der Waals surface area (Å²) in [5.74, 6) is 1.65. The van der Waals surface area contributed by atoms with Gasteiger partial charge in [0.15, 0.2) is 17.3 Å². The van der Waals surface area contributed by atoms with E-state index in [2.05, 4.69) is 16.8 Å². The number of methoxy groups -OCH3 is 1. The quantitative estimate of drug-likeness (QED) is 0.354. The summed E-state index contributed by atoms with van der Waals surface area (Å²) in [4.78, 5) is 27.0. The van der Waals surface area contributed by atoms with Crippen molar-refractivity contribution in [3.8, 4) is 28.4 Å². The molecule has 5 rings (SSSR count). The molecule has 0 bridgehead atoms. The molecule has 9 nitrogen and oxygen atoms in total. The molecule has 0 aliphatic carbocycles. The van der Waals surface area contributed by atoms with Crippen molar-refractivity contribution >= 4 is 34.2 Å². The third kappa shape index (κ3) is 4.65. The molecule has 0 radical (unpaired) electrons. The average molecular weight is 520 g/mol. The summed E-state index contributed by atoms with van der Waals surface area (Å²) in [6.45, 7) is 4.72. The lowest BCUT2D eigenvalue weighted by atomic mass is 10.0. The van der Waals surface area contributed by atoms with Crippen LogP contribution in [0.5, 0.6) is 17.2 Å². The van der Waals surface area contributed by atoms with Gasteiger partial charge in [-0.05, 0) is 54.8 Å². The number of piperidine rings is 1. The van der Waals surface area contributed by atoms with Gasteiger partial charge in [0.1, 0.15) is 11.3 Å². The number of anilines is 1. The van der Waals surface area contributed by atoms with Crippen LogP contribution < -0.4 is 20.8 Å². The van der Waals surface area contributed by atoms with Crippen LogP contribution in [-0.2, 0) is 4.79 Å². The van der Waals surface area contributed by atoms with E-state index in [9.17, 15) is 9.59 Å². The Bertz CT molecular complexity index is 1560. The maximum Gasteiger partial charge on any atom is 0.288 e. The Kier molecular flexibility index (Phi) is 6.62. The van der Waals surface area contributed by atoms with E-state index in [-0.39, 0.29) is 23.3 Å². The number of nitrogen functional groups attached to an aromatic ring is 1. The van der Waals surface area contributed by atoms with Crippen molar-refractivity contribution in [2.45, 2.75) is 18.9 Å². The van der Waals surface area contributed by atoms with E-state index in [0.717, 1.165) is 24.0 Å². The summed E-state index contributed by atoms with van der Waals surface area (Å²) < 4.78 is 13.5. The van der Waals surface area contributed by atoms with Gasteiger partial charge in [-0.3, -0.25) is 9.59 Å². The normalized spacial score (nSPS) is 15.5. The Morgan fingerprint density at radius 2 is 2.11 bits per heavy atom. The van der Waals surface area contributed by atoms with E-state index in [0.29, 0.717) is 46.3 Å². The molecule has 4 aromatic rings. The van der Waals surface area contributed by atoms with Gasteiger partial charge in [-0.15, -0.1) is 0 Å². The Balaban J connectivity index is 1.59. The van der Waals surface area contributed by atoms with Crippen LogP contribution in [0.2, 0.25) is 5.02 Å². The molecule has 1 unspecified atom stereocenters. The van der Waals surface area contributed by atoms with Gasteiger partial charge in [-0.25, -0.2) is 5.10 Å². The second kappa shape index (κ2) is 10.0. The number of likely N-dealkylation sites (tertiary alicyclic amines) is 1. The monoisotopic (exact) mass is 519 g/mol. The van der Waals surface area contributed by atoms with Crippen molar-refractivity contribution in [3.05, 3.63) is 76.7 Å². The smallest absolute Gasteiger partial charge is 0.288 e. The molecule has 1 aliphatic heterocycles. The van der Waals surface area contributed by atoms with Crippen molar-refractivity contribution in [1.29, 1.82) is 0 Å². The predicted molar refractivity (Wildman–Crippen MR) is 143 cm³/mol. The van der Waals surface area contributed by atoms with Crippen LogP contribution in [0.1, 0.15) is 18.9 Å². The SMILES string of the molecule is C=CC(=O)N1CCCC(n2cc(-c3ccc(Oc4cccc(Cl)c4)c(OC)c3)c3c(N)n[nH]c(=O)c32)C1. The van der Waals surface area contributed by atoms with E-state index >= 15 is 0 Å². The van der Waals surface area contributed by atoms with Gasteiger partial charge in [-0.1, -0.05) is 30.3 Å². The standard InChI is InChI=1S/C27H26ClN5O4/c1-3-23(34)32-11-5-7-18(14-32)33-15-20(24-25(33)27(35)31-30-26(24)29)16-9-10-21(22(12-16)36-2)37-19-8-4-6-17(28)13-19/h3-4,6,8-10,12-13,15,18H,1,5,7,11,14H2,2H3,(H2,29,30)(H,31,35). The topological polar surface area (TPSA) is 115 Å². The molecule has 1 saturated heterocycles.